The highest BCUT2D eigenvalue weighted by atomic mass is 35.5. The van der Waals surface area contributed by atoms with Crippen LogP contribution in [0.25, 0.3) is 0 Å². The summed E-state index contributed by atoms with van der Waals surface area (Å²) in [5.74, 6) is 0.827. The molecule has 0 saturated heterocycles. The average Bonchev–Trinajstić information content (AvgIpc) is 2.40. The summed E-state index contributed by atoms with van der Waals surface area (Å²) >= 11 is 7.54. The fraction of sp³-hybridized carbons (Fsp3) is 0.143. The molecule has 0 aliphatic rings. The molecule has 0 heterocycles. The Balaban J connectivity index is 2.24. The second-order valence-electron chi connectivity index (χ2n) is 3.69. The minimum absolute atomic E-state index is 0.00958. The molecule has 2 aromatic carbocycles. The Morgan fingerprint density at radius 3 is 2.50 bits per heavy atom. The van der Waals surface area contributed by atoms with E-state index in [4.69, 9.17) is 16.3 Å². The highest BCUT2D eigenvalue weighted by Gasteiger charge is 2.05. The highest BCUT2D eigenvalue weighted by Crippen LogP contribution is 2.33. The van der Waals surface area contributed by atoms with Gasteiger partial charge in [-0.15, -0.1) is 0 Å². The maximum absolute atomic E-state index is 9.29. The zero-order valence-corrected chi connectivity index (χ0v) is 11.5. The fourth-order valence-electron chi connectivity index (χ4n) is 1.52. The van der Waals surface area contributed by atoms with Gasteiger partial charge < -0.3 is 9.84 Å². The summed E-state index contributed by atoms with van der Waals surface area (Å²) in [5, 5.41) is 9.96. The van der Waals surface area contributed by atoms with E-state index in [1.807, 2.05) is 36.4 Å². The van der Waals surface area contributed by atoms with Crippen molar-refractivity contribution in [1.82, 2.24) is 0 Å². The molecule has 2 rings (SSSR count). The van der Waals surface area contributed by atoms with Crippen molar-refractivity contribution in [1.29, 1.82) is 0 Å². The Bertz CT molecular complexity index is 526. The van der Waals surface area contributed by atoms with Crippen molar-refractivity contribution in [2.75, 3.05) is 7.11 Å². The molecule has 0 aromatic heterocycles. The van der Waals surface area contributed by atoms with Gasteiger partial charge in [0.05, 0.1) is 13.7 Å². The summed E-state index contributed by atoms with van der Waals surface area (Å²) in [6.07, 6.45) is 0. The number of hydrogen-bond acceptors (Lipinski definition) is 3. The van der Waals surface area contributed by atoms with Crippen LogP contribution in [0.2, 0.25) is 5.02 Å². The van der Waals surface area contributed by atoms with E-state index in [2.05, 4.69) is 0 Å². The van der Waals surface area contributed by atoms with Crippen LogP contribution < -0.4 is 4.74 Å². The molecule has 18 heavy (non-hydrogen) atoms. The van der Waals surface area contributed by atoms with E-state index in [-0.39, 0.29) is 6.61 Å². The minimum Gasteiger partial charge on any atom is -0.497 e. The van der Waals surface area contributed by atoms with E-state index in [0.29, 0.717) is 5.02 Å². The number of halogens is 1. The van der Waals surface area contributed by atoms with Crippen LogP contribution in [-0.2, 0) is 6.61 Å². The second-order valence-corrected chi connectivity index (χ2v) is 5.24. The largest absolute Gasteiger partial charge is 0.497 e. The minimum atomic E-state index is 0.00958. The third kappa shape index (κ3) is 3.19. The third-order valence-electron chi connectivity index (χ3n) is 2.49. The van der Waals surface area contributed by atoms with Crippen LogP contribution in [0.5, 0.6) is 5.75 Å². The van der Waals surface area contributed by atoms with Gasteiger partial charge >= 0.3 is 0 Å². The van der Waals surface area contributed by atoms with Gasteiger partial charge in [-0.1, -0.05) is 29.4 Å². The molecule has 0 aliphatic carbocycles. The zero-order chi connectivity index (χ0) is 13.0. The lowest BCUT2D eigenvalue weighted by atomic mass is 10.2. The van der Waals surface area contributed by atoms with E-state index >= 15 is 0 Å². The average molecular weight is 281 g/mol. The van der Waals surface area contributed by atoms with Gasteiger partial charge in [0.25, 0.3) is 0 Å². The van der Waals surface area contributed by atoms with Gasteiger partial charge in [-0.3, -0.25) is 0 Å². The summed E-state index contributed by atoms with van der Waals surface area (Å²) in [5.41, 5.74) is 0.875. The summed E-state index contributed by atoms with van der Waals surface area (Å²) in [7, 11) is 1.64. The van der Waals surface area contributed by atoms with Crippen molar-refractivity contribution in [3.8, 4) is 5.75 Å². The van der Waals surface area contributed by atoms with Crippen LogP contribution in [0, 0.1) is 0 Å². The standard InChI is InChI=1S/C14H13ClO2S/c1-17-12-4-6-13(7-5-12)18-14-8-11(15)3-2-10(14)9-16/h2-8,16H,9H2,1H3. The molecule has 0 unspecified atom stereocenters. The molecule has 0 fully saturated rings. The van der Waals surface area contributed by atoms with Crippen molar-refractivity contribution in [3.63, 3.8) is 0 Å². The lowest BCUT2D eigenvalue weighted by Gasteiger charge is -2.08. The van der Waals surface area contributed by atoms with Gasteiger partial charge in [0, 0.05) is 14.8 Å². The van der Waals surface area contributed by atoms with E-state index in [1.54, 1.807) is 24.9 Å². The Morgan fingerprint density at radius 1 is 1.17 bits per heavy atom. The van der Waals surface area contributed by atoms with Crippen LogP contribution in [0.15, 0.2) is 52.3 Å². The van der Waals surface area contributed by atoms with Crippen LogP contribution in [0.4, 0.5) is 0 Å². The monoisotopic (exact) mass is 280 g/mol. The maximum Gasteiger partial charge on any atom is 0.118 e. The Labute approximate surface area is 116 Å². The van der Waals surface area contributed by atoms with Crippen LogP contribution >= 0.6 is 23.4 Å². The summed E-state index contributed by atoms with van der Waals surface area (Å²) in [4.78, 5) is 2.04. The van der Waals surface area contributed by atoms with Crippen LogP contribution in [0.1, 0.15) is 5.56 Å². The summed E-state index contributed by atoms with van der Waals surface area (Å²) < 4.78 is 5.11. The Kier molecular flexibility index (Phi) is 4.53. The van der Waals surface area contributed by atoms with Crippen molar-refractivity contribution in [2.24, 2.45) is 0 Å². The van der Waals surface area contributed by atoms with Crippen molar-refractivity contribution in [2.45, 2.75) is 16.4 Å². The first-order chi connectivity index (χ1) is 8.72. The van der Waals surface area contributed by atoms with Gasteiger partial charge in [-0.2, -0.15) is 0 Å². The first-order valence-electron chi connectivity index (χ1n) is 5.44. The second kappa shape index (κ2) is 6.14. The molecule has 4 heteroatoms. The number of rotatable bonds is 4. The molecule has 0 atom stereocenters. The number of benzene rings is 2. The molecule has 2 aromatic rings. The molecule has 0 saturated carbocycles. The first-order valence-corrected chi connectivity index (χ1v) is 6.63. The van der Waals surface area contributed by atoms with Crippen LogP contribution in [-0.4, -0.2) is 12.2 Å². The molecular formula is C14H13ClO2S. The van der Waals surface area contributed by atoms with E-state index < -0.39 is 0 Å². The number of aliphatic hydroxyl groups is 1. The molecule has 2 nitrogen and oxygen atoms in total. The molecule has 0 amide bonds. The zero-order valence-electron chi connectivity index (χ0n) is 9.89. The van der Waals surface area contributed by atoms with E-state index in [1.165, 1.54) is 0 Å². The third-order valence-corrected chi connectivity index (χ3v) is 3.83. The quantitative estimate of drug-likeness (QED) is 0.918. The van der Waals surface area contributed by atoms with Crippen LogP contribution in [0.3, 0.4) is 0 Å². The normalized spacial score (nSPS) is 10.4. The Hall–Kier alpha value is -1.16. The van der Waals surface area contributed by atoms with Gasteiger partial charge in [0.15, 0.2) is 0 Å². The number of aliphatic hydroxyl groups excluding tert-OH is 1. The van der Waals surface area contributed by atoms with Gasteiger partial charge in [0.2, 0.25) is 0 Å². The molecule has 0 radical (unpaired) electrons. The smallest absolute Gasteiger partial charge is 0.118 e. The van der Waals surface area contributed by atoms with Crippen molar-refractivity contribution < 1.29 is 9.84 Å². The van der Waals surface area contributed by atoms with Crippen molar-refractivity contribution >= 4 is 23.4 Å². The molecule has 1 N–H and O–H groups in total. The highest BCUT2D eigenvalue weighted by molar-refractivity contribution is 7.99. The van der Waals surface area contributed by atoms with Gasteiger partial charge in [0.1, 0.15) is 5.75 Å². The molecule has 0 aliphatic heterocycles. The first kappa shape index (κ1) is 13.3. The van der Waals surface area contributed by atoms with Gasteiger partial charge in [-0.05, 0) is 42.0 Å². The van der Waals surface area contributed by atoms with E-state index in [0.717, 1.165) is 21.1 Å². The van der Waals surface area contributed by atoms with E-state index in [9.17, 15) is 5.11 Å². The predicted molar refractivity (Wildman–Crippen MR) is 74.5 cm³/mol. The summed E-state index contributed by atoms with van der Waals surface area (Å²) in [6, 6.07) is 13.3. The summed E-state index contributed by atoms with van der Waals surface area (Å²) in [6.45, 7) is 0.00958. The van der Waals surface area contributed by atoms with Gasteiger partial charge in [-0.25, -0.2) is 0 Å². The molecule has 0 spiro atoms. The lowest BCUT2D eigenvalue weighted by Crippen LogP contribution is -1.87. The predicted octanol–water partition coefficient (Wildman–Crippen LogP) is 3.99. The number of ether oxygens (including phenoxy) is 1. The number of hydrogen-bond donors (Lipinski definition) is 1. The van der Waals surface area contributed by atoms with Crippen molar-refractivity contribution in [3.05, 3.63) is 53.1 Å². The lowest BCUT2D eigenvalue weighted by molar-refractivity contribution is 0.279. The molecular weight excluding hydrogens is 268 g/mol. The molecule has 0 bridgehead atoms. The topological polar surface area (TPSA) is 29.5 Å². The maximum atomic E-state index is 9.29. The Morgan fingerprint density at radius 2 is 1.89 bits per heavy atom. The number of methoxy groups -OCH3 is 1. The SMILES string of the molecule is COc1ccc(Sc2cc(Cl)ccc2CO)cc1. The molecule has 94 valence electrons. The fourth-order valence-corrected chi connectivity index (χ4v) is 2.74.